The number of nitrogens with zero attached hydrogens (tertiary/aromatic N) is 2. The van der Waals surface area contributed by atoms with Gasteiger partial charge in [0.2, 0.25) is 0 Å². The zero-order chi connectivity index (χ0) is 17.8. The molecule has 0 amide bonds. The average Bonchev–Trinajstić information content (AvgIpc) is 3.05. The molecule has 1 N–H and O–H groups in total. The Hall–Kier alpha value is -2.44. The van der Waals surface area contributed by atoms with Gasteiger partial charge in [-0.1, -0.05) is 40.2 Å². The second-order valence-electron chi connectivity index (χ2n) is 5.54. The van der Waals surface area contributed by atoms with E-state index < -0.39 is 0 Å². The van der Waals surface area contributed by atoms with Gasteiger partial charge in [-0.2, -0.15) is 0 Å². The van der Waals surface area contributed by atoms with Gasteiger partial charge in [0.05, 0.1) is 25.0 Å². The van der Waals surface area contributed by atoms with Crippen molar-refractivity contribution >= 4 is 21.9 Å². The predicted octanol–water partition coefficient (Wildman–Crippen LogP) is 3.64. The first-order valence-electron chi connectivity index (χ1n) is 7.71. The van der Waals surface area contributed by atoms with Crippen molar-refractivity contribution in [3.8, 4) is 11.4 Å². The van der Waals surface area contributed by atoms with Crippen LogP contribution in [0.2, 0.25) is 0 Å². The van der Waals surface area contributed by atoms with E-state index in [4.69, 9.17) is 4.74 Å². The highest BCUT2D eigenvalue weighted by Gasteiger charge is 2.11. The van der Waals surface area contributed by atoms with Crippen molar-refractivity contribution in [2.45, 2.75) is 13.2 Å². The number of benzene rings is 2. The Morgan fingerprint density at radius 1 is 1.16 bits per heavy atom. The smallest absolute Gasteiger partial charge is 0.337 e. The number of ether oxygens (including phenoxy) is 1. The van der Waals surface area contributed by atoms with Crippen molar-refractivity contribution in [2.24, 2.45) is 0 Å². The third-order valence-corrected chi connectivity index (χ3v) is 4.35. The van der Waals surface area contributed by atoms with E-state index in [1.165, 1.54) is 7.11 Å². The molecule has 5 nitrogen and oxygen atoms in total. The van der Waals surface area contributed by atoms with Crippen LogP contribution in [0.25, 0.3) is 11.4 Å². The molecule has 0 aliphatic rings. The number of carbonyl (C=O) groups excluding carboxylic acids is 1. The number of imidazole rings is 1. The van der Waals surface area contributed by atoms with Crippen molar-refractivity contribution < 1.29 is 14.6 Å². The molecule has 0 spiro atoms. The molecule has 0 atom stereocenters. The minimum Gasteiger partial charge on any atom is -0.465 e. The zero-order valence-electron chi connectivity index (χ0n) is 13.6. The normalized spacial score (nSPS) is 10.7. The predicted molar refractivity (Wildman–Crippen MR) is 98.2 cm³/mol. The van der Waals surface area contributed by atoms with E-state index in [-0.39, 0.29) is 12.6 Å². The molecule has 0 unspecified atom stereocenters. The van der Waals surface area contributed by atoms with E-state index in [2.05, 4.69) is 20.9 Å². The van der Waals surface area contributed by atoms with E-state index in [0.29, 0.717) is 17.8 Å². The number of esters is 1. The van der Waals surface area contributed by atoms with Crippen LogP contribution in [0.1, 0.15) is 21.6 Å². The Kier molecular flexibility index (Phi) is 5.31. The summed E-state index contributed by atoms with van der Waals surface area (Å²) in [5, 5.41) is 9.42. The molecule has 0 radical (unpaired) electrons. The molecule has 6 heteroatoms. The molecular weight excluding hydrogens is 384 g/mol. The fourth-order valence-corrected chi connectivity index (χ4v) is 2.82. The van der Waals surface area contributed by atoms with Gasteiger partial charge in [-0.3, -0.25) is 0 Å². The third-order valence-electron chi connectivity index (χ3n) is 3.82. The molecule has 0 aliphatic heterocycles. The number of aliphatic hydroxyl groups is 1. The first-order valence-corrected chi connectivity index (χ1v) is 8.50. The molecule has 1 aromatic heterocycles. The first kappa shape index (κ1) is 17.4. The molecule has 0 saturated carbocycles. The third kappa shape index (κ3) is 3.97. The van der Waals surface area contributed by atoms with Crippen LogP contribution in [0.4, 0.5) is 0 Å². The van der Waals surface area contributed by atoms with E-state index in [1.807, 2.05) is 47.2 Å². The fraction of sp³-hybridized carbons (Fsp3) is 0.158. The molecule has 0 fully saturated rings. The highest BCUT2D eigenvalue weighted by Crippen LogP contribution is 2.23. The summed E-state index contributed by atoms with van der Waals surface area (Å²) in [6.07, 6.45) is 1.84. The Balaban J connectivity index is 1.90. The van der Waals surface area contributed by atoms with Crippen molar-refractivity contribution in [3.63, 3.8) is 0 Å². The van der Waals surface area contributed by atoms with Crippen molar-refractivity contribution in [1.29, 1.82) is 0 Å². The summed E-state index contributed by atoms with van der Waals surface area (Å²) in [7, 11) is 1.36. The van der Waals surface area contributed by atoms with Gasteiger partial charge in [-0.25, -0.2) is 9.78 Å². The lowest BCUT2D eigenvalue weighted by molar-refractivity contribution is 0.0600. The van der Waals surface area contributed by atoms with Gasteiger partial charge in [-0.05, 0) is 29.8 Å². The molecule has 0 aliphatic carbocycles. The molecule has 2 aromatic carbocycles. The van der Waals surface area contributed by atoms with E-state index in [9.17, 15) is 9.90 Å². The summed E-state index contributed by atoms with van der Waals surface area (Å²) in [4.78, 5) is 16.0. The van der Waals surface area contributed by atoms with Gasteiger partial charge in [0.1, 0.15) is 5.82 Å². The van der Waals surface area contributed by atoms with Gasteiger partial charge in [-0.15, -0.1) is 0 Å². The lowest BCUT2D eigenvalue weighted by Crippen LogP contribution is -2.03. The second kappa shape index (κ2) is 7.63. The number of carbonyl (C=O) groups is 1. The Bertz CT molecular complexity index is 871. The van der Waals surface area contributed by atoms with Crippen LogP contribution >= 0.6 is 15.9 Å². The van der Waals surface area contributed by atoms with Crippen LogP contribution < -0.4 is 0 Å². The molecule has 1 heterocycles. The van der Waals surface area contributed by atoms with Gasteiger partial charge in [0.15, 0.2) is 0 Å². The van der Waals surface area contributed by atoms with Crippen LogP contribution in [0.15, 0.2) is 59.2 Å². The summed E-state index contributed by atoms with van der Waals surface area (Å²) in [5.41, 5.74) is 3.12. The van der Waals surface area contributed by atoms with Crippen molar-refractivity contribution in [2.75, 3.05) is 7.11 Å². The maximum Gasteiger partial charge on any atom is 0.337 e. The van der Waals surface area contributed by atoms with E-state index in [1.54, 1.807) is 12.1 Å². The van der Waals surface area contributed by atoms with Crippen LogP contribution in [0.5, 0.6) is 0 Å². The highest BCUT2D eigenvalue weighted by molar-refractivity contribution is 9.10. The Morgan fingerprint density at radius 3 is 2.44 bits per heavy atom. The van der Waals surface area contributed by atoms with E-state index >= 15 is 0 Å². The van der Waals surface area contributed by atoms with Crippen LogP contribution in [-0.4, -0.2) is 27.7 Å². The second-order valence-corrected chi connectivity index (χ2v) is 6.45. The van der Waals surface area contributed by atoms with Crippen molar-refractivity contribution in [1.82, 2.24) is 9.55 Å². The lowest BCUT2D eigenvalue weighted by Gasteiger charge is -2.09. The summed E-state index contributed by atoms with van der Waals surface area (Å²) >= 11 is 3.43. The zero-order valence-corrected chi connectivity index (χ0v) is 15.2. The molecule has 25 heavy (non-hydrogen) atoms. The molecule has 128 valence electrons. The summed E-state index contributed by atoms with van der Waals surface area (Å²) in [6, 6.07) is 15.1. The van der Waals surface area contributed by atoms with Crippen LogP contribution in [0.3, 0.4) is 0 Å². The number of methoxy groups -OCH3 is 1. The number of aliphatic hydroxyl groups excluding tert-OH is 1. The molecule has 0 bridgehead atoms. The van der Waals surface area contributed by atoms with Crippen LogP contribution in [0, 0.1) is 0 Å². The molecule has 0 saturated heterocycles. The Labute approximate surface area is 154 Å². The monoisotopic (exact) mass is 400 g/mol. The fourth-order valence-electron chi connectivity index (χ4n) is 2.56. The van der Waals surface area contributed by atoms with E-state index in [0.717, 1.165) is 21.4 Å². The number of hydrogen-bond acceptors (Lipinski definition) is 4. The topological polar surface area (TPSA) is 64.3 Å². The molecule has 3 aromatic rings. The number of rotatable bonds is 5. The maximum atomic E-state index is 11.5. The molecule has 3 rings (SSSR count). The number of halogens is 1. The lowest BCUT2D eigenvalue weighted by atomic mass is 10.1. The van der Waals surface area contributed by atoms with Gasteiger partial charge in [0, 0.05) is 22.8 Å². The highest BCUT2D eigenvalue weighted by atomic mass is 79.9. The first-order chi connectivity index (χ1) is 12.1. The number of hydrogen-bond donors (Lipinski definition) is 1. The van der Waals surface area contributed by atoms with Crippen LogP contribution in [-0.2, 0) is 17.9 Å². The minimum atomic E-state index is -0.354. The van der Waals surface area contributed by atoms with Gasteiger partial charge < -0.3 is 14.4 Å². The largest absolute Gasteiger partial charge is 0.465 e. The van der Waals surface area contributed by atoms with Gasteiger partial charge >= 0.3 is 5.97 Å². The molecular formula is C19H17BrN2O3. The minimum absolute atomic E-state index is 0.113. The summed E-state index contributed by atoms with van der Waals surface area (Å²) in [6.45, 7) is 0.470. The number of aromatic nitrogens is 2. The summed E-state index contributed by atoms with van der Waals surface area (Å²) in [5.74, 6) is 0.431. The van der Waals surface area contributed by atoms with Crippen molar-refractivity contribution in [3.05, 3.63) is 76.0 Å². The van der Waals surface area contributed by atoms with Gasteiger partial charge in [0.25, 0.3) is 0 Å². The quantitative estimate of drug-likeness (QED) is 0.664. The standard InChI is InChI=1S/C19H17BrN2O3/c1-25-19(24)15-4-2-13(3-5-15)10-22-11-17(12-23)21-18(22)14-6-8-16(20)9-7-14/h2-9,11,23H,10,12H2,1H3. The Morgan fingerprint density at radius 2 is 1.84 bits per heavy atom. The maximum absolute atomic E-state index is 11.5. The summed E-state index contributed by atoms with van der Waals surface area (Å²) < 4.78 is 7.70. The average molecular weight is 401 g/mol. The SMILES string of the molecule is COC(=O)c1ccc(Cn2cc(CO)nc2-c2ccc(Br)cc2)cc1.